The van der Waals surface area contributed by atoms with Gasteiger partial charge in [-0.15, -0.1) is 0 Å². The van der Waals surface area contributed by atoms with Crippen LogP contribution in [0.3, 0.4) is 0 Å². The summed E-state index contributed by atoms with van der Waals surface area (Å²) in [6.45, 7) is -0.0618. The summed E-state index contributed by atoms with van der Waals surface area (Å²) in [5, 5.41) is 16.8. The van der Waals surface area contributed by atoms with Crippen molar-refractivity contribution in [3.8, 4) is 0 Å². The fraction of sp³-hybridized carbons (Fsp3) is 0.579. The van der Waals surface area contributed by atoms with Crippen molar-refractivity contribution >= 4 is 41.4 Å². The molecular weight excluding hydrogens is 466 g/mol. The molecule has 3 atom stereocenters. The predicted octanol–water partition coefficient (Wildman–Crippen LogP) is -2.74. The van der Waals surface area contributed by atoms with Gasteiger partial charge in [0.05, 0.1) is 18.9 Å². The number of nitrogens with two attached hydrogens (primary N) is 3. The van der Waals surface area contributed by atoms with E-state index in [9.17, 15) is 24.3 Å². The lowest BCUT2D eigenvalue weighted by Crippen LogP contribution is -2.54. The zero-order valence-corrected chi connectivity index (χ0v) is 19.8. The fourth-order valence-electron chi connectivity index (χ4n) is 2.79. The summed E-state index contributed by atoms with van der Waals surface area (Å²) >= 11 is 1.46. The van der Waals surface area contributed by atoms with Crippen LogP contribution in [0.25, 0.3) is 0 Å². The Morgan fingerprint density at radius 3 is 2.50 bits per heavy atom. The minimum absolute atomic E-state index is 0.00139. The van der Waals surface area contributed by atoms with Gasteiger partial charge in [-0.25, -0.2) is 9.78 Å². The highest BCUT2D eigenvalue weighted by molar-refractivity contribution is 7.98. The highest BCUT2D eigenvalue weighted by Crippen LogP contribution is 2.04. The summed E-state index contributed by atoms with van der Waals surface area (Å²) in [6.07, 6.45) is 5.78. The molecule has 1 aromatic rings. The second-order valence-corrected chi connectivity index (χ2v) is 8.34. The number of nitrogens with one attached hydrogen (secondary N) is 4. The number of hydrogen-bond acceptors (Lipinski definition) is 8. The lowest BCUT2D eigenvalue weighted by molar-refractivity contribution is -0.142. The summed E-state index contributed by atoms with van der Waals surface area (Å²) in [6, 6.07) is -3.04. The van der Waals surface area contributed by atoms with Gasteiger partial charge in [-0.2, -0.15) is 11.8 Å². The number of carboxylic acid groups (broad SMARTS) is 1. The van der Waals surface area contributed by atoms with Crippen LogP contribution >= 0.6 is 11.8 Å². The van der Waals surface area contributed by atoms with E-state index in [4.69, 9.17) is 17.2 Å². The van der Waals surface area contributed by atoms with Gasteiger partial charge < -0.3 is 43.2 Å². The zero-order valence-electron chi connectivity index (χ0n) is 19.0. The van der Waals surface area contributed by atoms with Crippen LogP contribution in [-0.4, -0.2) is 87.9 Å². The number of H-pyrrole nitrogens is 1. The third kappa shape index (κ3) is 11.5. The Kier molecular flexibility index (Phi) is 13.1. The van der Waals surface area contributed by atoms with E-state index in [-0.39, 0.29) is 25.3 Å². The number of guanidine groups is 1. The van der Waals surface area contributed by atoms with Crippen LogP contribution in [0.1, 0.15) is 25.0 Å². The van der Waals surface area contributed by atoms with Gasteiger partial charge in [0.2, 0.25) is 17.7 Å². The Morgan fingerprint density at radius 1 is 1.18 bits per heavy atom. The van der Waals surface area contributed by atoms with E-state index in [2.05, 4.69) is 30.9 Å². The van der Waals surface area contributed by atoms with Crippen LogP contribution in [0.4, 0.5) is 0 Å². The molecule has 15 heteroatoms. The third-order valence-corrected chi connectivity index (χ3v) is 5.23. The number of carbonyl (C=O) groups is 4. The second kappa shape index (κ2) is 15.5. The van der Waals surface area contributed by atoms with Crippen LogP contribution < -0.4 is 33.2 Å². The number of carbonyl (C=O) groups excluding carboxylic acids is 3. The lowest BCUT2D eigenvalue weighted by atomic mass is 10.1. The van der Waals surface area contributed by atoms with E-state index in [1.165, 1.54) is 24.3 Å². The van der Waals surface area contributed by atoms with Gasteiger partial charge in [-0.1, -0.05) is 0 Å². The number of aliphatic carboxylic acids is 1. The number of rotatable bonds is 16. The number of thioether (sulfide) groups is 1. The third-order valence-electron chi connectivity index (χ3n) is 4.58. The molecule has 14 nitrogen and oxygen atoms in total. The molecule has 0 bridgehead atoms. The predicted molar refractivity (Wildman–Crippen MR) is 128 cm³/mol. The first-order valence-electron chi connectivity index (χ1n) is 10.5. The van der Waals surface area contributed by atoms with Crippen molar-refractivity contribution in [2.24, 2.45) is 22.2 Å². The highest BCUT2D eigenvalue weighted by atomic mass is 32.2. The lowest BCUT2D eigenvalue weighted by Gasteiger charge is -2.21. The normalized spacial score (nSPS) is 13.2. The monoisotopic (exact) mass is 499 g/mol. The maximum absolute atomic E-state index is 12.7. The summed E-state index contributed by atoms with van der Waals surface area (Å²) in [5.74, 6) is -2.51. The Balaban J connectivity index is 2.59. The summed E-state index contributed by atoms with van der Waals surface area (Å²) in [5.41, 5.74) is 16.8. The Bertz CT molecular complexity index is 830. The minimum atomic E-state index is -1.22. The molecule has 3 unspecified atom stereocenters. The van der Waals surface area contributed by atoms with Crippen molar-refractivity contribution in [1.29, 1.82) is 0 Å². The van der Waals surface area contributed by atoms with Crippen LogP contribution in [0.2, 0.25) is 0 Å². The first-order chi connectivity index (χ1) is 16.1. The maximum Gasteiger partial charge on any atom is 0.326 e. The van der Waals surface area contributed by atoms with Crippen molar-refractivity contribution in [3.63, 3.8) is 0 Å². The topological polar surface area (TPSA) is 244 Å². The number of aromatic amines is 1. The zero-order chi connectivity index (χ0) is 25.5. The number of aromatic nitrogens is 2. The van der Waals surface area contributed by atoms with Gasteiger partial charge in [0, 0.05) is 24.9 Å². The minimum Gasteiger partial charge on any atom is -0.480 e. The number of imidazole rings is 1. The average Bonchev–Trinajstić information content (AvgIpc) is 3.30. The van der Waals surface area contributed by atoms with Gasteiger partial charge in [-0.3, -0.25) is 19.4 Å². The molecule has 0 fully saturated rings. The first kappa shape index (κ1) is 28.7. The Morgan fingerprint density at radius 2 is 1.91 bits per heavy atom. The quantitative estimate of drug-likeness (QED) is 0.0662. The van der Waals surface area contributed by atoms with Crippen molar-refractivity contribution in [1.82, 2.24) is 25.9 Å². The molecule has 0 saturated heterocycles. The number of amides is 3. The van der Waals surface area contributed by atoms with E-state index in [1.54, 1.807) is 0 Å². The van der Waals surface area contributed by atoms with E-state index in [0.29, 0.717) is 30.8 Å². The molecule has 1 rings (SSSR count). The maximum atomic E-state index is 12.7. The smallest absolute Gasteiger partial charge is 0.326 e. The van der Waals surface area contributed by atoms with E-state index in [0.717, 1.165) is 0 Å². The van der Waals surface area contributed by atoms with Crippen molar-refractivity contribution in [3.05, 3.63) is 18.2 Å². The first-order valence-corrected chi connectivity index (χ1v) is 11.9. The molecule has 0 aliphatic heterocycles. The molecule has 0 saturated carbocycles. The number of hydrogen-bond donors (Lipinski definition) is 8. The fourth-order valence-corrected chi connectivity index (χ4v) is 3.26. The SMILES string of the molecule is CSCCC(NC(=O)CNC(=O)C(N)CCCN=C(N)N)C(=O)NC(Cc1cnc[nH]1)C(=O)O. The molecule has 11 N–H and O–H groups in total. The second-order valence-electron chi connectivity index (χ2n) is 7.36. The van der Waals surface area contributed by atoms with Crippen molar-refractivity contribution in [2.75, 3.05) is 25.1 Å². The van der Waals surface area contributed by atoms with Crippen LogP contribution in [0.15, 0.2) is 17.5 Å². The van der Waals surface area contributed by atoms with E-state index < -0.39 is 41.8 Å². The van der Waals surface area contributed by atoms with E-state index >= 15 is 0 Å². The Labute approximate surface area is 201 Å². The van der Waals surface area contributed by atoms with Crippen LogP contribution in [-0.2, 0) is 25.6 Å². The molecular formula is C19H33N9O5S. The van der Waals surface area contributed by atoms with Crippen molar-refractivity contribution in [2.45, 2.75) is 43.8 Å². The molecule has 3 amide bonds. The Hall–Kier alpha value is -3.33. The molecule has 0 aliphatic rings. The summed E-state index contributed by atoms with van der Waals surface area (Å²) in [7, 11) is 0. The standard InChI is InChI=1S/C19H33N9O5S/c1-34-6-4-13(17(31)28-14(18(32)33)7-11-8-23-10-26-11)27-15(29)9-25-16(30)12(20)3-2-5-24-19(21)22/h8,10,12-14H,2-7,9,20H2,1H3,(H,23,26)(H,25,30)(H,27,29)(H,28,31)(H,32,33)(H4,21,22,24). The molecule has 0 aliphatic carbocycles. The largest absolute Gasteiger partial charge is 0.480 e. The molecule has 34 heavy (non-hydrogen) atoms. The van der Waals surface area contributed by atoms with Crippen molar-refractivity contribution < 1.29 is 24.3 Å². The van der Waals surface area contributed by atoms with Gasteiger partial charge in [-0.05, 0) is 31.3 Å². The number of aliphatic imine (C=N–C) groups is 1. The highest BCUT2D eigenvalue weighted by Gasteiger charge is 2.27. The molecule has 0 aromatic carbocycles. The van der Waals surface area contributed by atoms with Crippen LogP contribution in [0, 0.1) is 0 Å². The van der Waals surface area contributed by atoms with Gasteiger partial charge in [0.25, 0.3) is 0 Å². The average molecular weight is 500 g/mol. The molecule has 0 radical (unpaired) electrons. The summed E-state index contributed by atoms with van der Waals surface area (Å²) < 4.78 is 0. The molecule has 1 heterocycles. The molecule has 190 valence electrons. The van der Waals surface area contributed by atoms with Gasteiger partial charge in [0.15, 0.2) is 5.96 Å². The number of nitrogens with zero attached hydrogens (tertiary/aromatic N) is 2. The van der Waals surface area contributed by atoms with Gasteiger partial charge in [0.1, 0.15) is 12.1 Å². The van der Waals surface area contributed by atoms with E-state index in [1.807, 2.05) is 6.26 Å². The molecule has 1 aromatic heterocycles. The summed E-state index contributed by atoms with van der Waals surface area (Å²) in [4.78, 5) is 59.1. The van der Waals surface area contributed by atoms with Gasteiger partial charge >= 0.3 is 5.97 Å². The number of carboxylic acids is 1. The molecule has 0 spiro atoms. The van der Waals surface area contributed by atoms with Crippen LogP contribution in [0.5, 0.6) is 0 Å².